The van der Waals surface area contributed by atoms with E-state index < -0.39 is 5.92 Å². The molecule has 0 saturated heterocycles. The third-order valence-corrected chi connectivity index (χ3v) is 8.02. The Balaban J connectivity index is 1.55. The fraction of sp³-hybridized carbons (Fsp3) is 0.250. The fourth-order valence-electron chi connectivity index (χ4n) is 5.60. The Labute approximate surface area is 237 Å². The Morgan fingerprint density at radius 1 is 0.923 bits per heavy atom. The van der Waals surface area contributed by atoms with Crippen LogP contribution in [-0.4, -0.2) is 25.9 Å². The minimum atomic E-state index is -0.485. The highest BCUT2D eigenvalue weighted by Crippen LogP contribution is 2.46. The predicted octanol–water partition coefficient (Wildman–Crippen LogP) is 6.78. The van der Waals surface area contributed by atoms with Gasteiger partial charge in [0.05, 0.1) is 14.2 Å². The van der Waals surface area contributed by atoms with Crippen LogP contribution < -0.4 is 20.1 Å². The maximum Gasteiger partial charge on any atom is 0.254 e. The lowest BCUT2D eigenvalue weighted by atomic mass is 9.71. The summed E-state index contributed by atoms with van der Waals surface area (Å²) in [6.07, 6.45) is 0.983. The number of dihydropyridines is 1. The number of para-hydroxylation sites is 1. The molecule has 0 aromatic heterocycles. The van der Waals surface area contributed by atoms with Crippen molar-refractivity contribution < 1.29 is 19.1 Å². The number of allylic oxidation sites excluding steroid dienone is 3. The number of carbonyl (C=O) groups is 2. The molecule has 6 nitrogen and oxygen atoms in total. The zero-order chi connectivity index (χ0) is 27.7. The zero-order valence-corrected chi connectivity index (χ0v) is 24.0. The van der Waals surface area contributed by atoms with Crippen LogP contribution in [0.25, 0.3) is 0 Å². The number of aryl methyl sites for hydroxylation is 1. The van der Waals surface area contributed by atoms with E-state index in [2.05, 4.69) is 26.6 Å². The van der Waals surface area contributed by atoms with Crippen molar-refractivity contribution in [1.82, 2.24) is 5.32 Å². The van der Waals surface area contributed by atoms with Crippen LogP contribution in [0.1, 0.15) is 48.3 Å². The Morgan fingerprint density at radius 2 is 1.69 bits per heavy atom. The van der Waals surface area contributed by atoms with E-state index in [4.69, 9.17) is 9.47 Å². The molecule has 7 heteroatoms. The summed E-state index contributed by atoms with van der Waals surface area (Å²) in [7, 11) is 3.21. The summed E-state index contributed by atoms with van der Waals surface area (Å²) >= 11 is 3.58. The van der Waals surface area contributed by atoms with Crippen molar-refractivity contribution in [2.45, 2.75) is 38.5 Å². The standard InChI is InChI=1S/C32H31BrN2O4/c1-18-8-5-6-11-24(18)35-32(37)29-19(2)34-25-15-22(20-12-13-27(38-3)28(17-20)39-4)16-26(36)31(25)30(29)21-9-7-10-23(33)14-21/h5-14,17,22,30,34H,15-16H2,1-4H3,(H,35,37)/t22-,30-/m1/s1. The Hall–Kier alpha value is -3.84. The van der Waals surface area contributed by atoms with Gasteiger partial charge in [0.1, 0.15) is 0 Å². The van der Waals surface area contributed by atoms with E-state index in [1.807, 2.05) is 80.6 Å². The van der Waals surface area contributed by atoms with Crippen molar-refractivity contribution in [3.8, 4) is 11.5 Å². The first-order valence-electron chi connectivity index (χ1n) is 12.9. The number of halogens is 1. The van der Waals surface area contributed by atoms with Crippen LogP contribution >= 0.6 is 15.9 Å². The number of nitrogens with one attached hydrogen (secondary N) is 2. The SMILES string of the molecule is COc1ccc([C@H]2CC(=O)C3=C(C2)NC(C)=C(C(=O)Nc2ccccc2C)[C@H]3c2cccc(Br)c2)cc1OC. The van der Waals surface area contributed by atoms with E-state index in [1.165, 1.54) is 0 Å². The van der Waals surface area contributed by atoms with Gasteiger partial charge in [-0.1, -0.05) is 52.3 Å². The molecule has 0 fully saturated rings. The highest BCUT2D eigenvalue weighted by Gasteiger charge is 2.41. The average Bonchev–Trinajstić information content (AvgIpc) is 2.92. The van der Waals surface area contributed by atoms with Crippen molar-refractivity contribution in [2.75, 3.05) is 19.5 Å². The molecule has 0 unspecified atom stereocenters. The molecule has 2 atom stereocenters. The summed E-state index contributed by atoms with van der Waals surface area (Å²) in [5, 5.41) is 6.54. The highest BCUT2D eigenvalue weighted by atomic mass is 79.9. The van der Waals surface area contributed by atoms with Crippen molar-refractivity contribution in [1.29, 1.82) is 0 Å². The molecule has 1 amide bonds. The number of anilines is 1. The second-order valence-corrected chi connectivity index (χ2v) is 10.9. The minimum absolute atomic E-state index is 0.0261. The van der Waals surface area contributed by atoms with Gasteiger partial charge >= 0.3 is 0 Å². The van der Waals surface area contributed by atoms with Crippen molar-refractivity contribution >= 4 is 33.3 Å². The topological polar surface area (TPSA) is 76.7 Å². The van der Waals surface area contributed by atoms with Crippen LogP contribution in [0.4, 0.5) is 5.69 Å². The lowest BCUT2D eigenvalue weighted by Gasteiger charge is -2.37. The highest BCUT2D eigenvalue weighted by molar-refractivity contribution is 9.10. The molecule has 3 aromatic rings. The van der Waals surface area contributed by atoms with Gasteiger partial charge in [0.2, 0.25) is 0 Å². The van der Waals surface area contributed by atoms with Gasteiger partial charge in [-0.25, -0.2) is 0 Å². The first-order chi connectivity index (χ1) is 18.8. The van der Waals surface area contributed by atoms with E-state index >= 15 is 0 Å². The Bertz CT molecular complexity index is 1520. The normalized spacial score (nSPS) is 18.8. The fourth-order valence-corrected chi connectivity index (χ4v) is 6.02. The van der Waals surface area contributed by atoms with Gasteiger partial charge in [0.15, 0.2) is 17.3 Å². The summed E-state index contributed by atoms with van der Waals surface area (Å²) in [6.45, 7) is 3.87. The second-order valence-electron chi connectivity index (χ2n) is 9.96. The van der Waals surface area contributed by atoms with Gasteiger partial charge in [-0.3, -0.25) is 9.59 Å². The minimum Gasteiger partial charge on any atom is -0.493 e. The van der Waals surface area contributed by atoms with Crippen LogP contribution in [0.3, 0.4) is 0 Å². The zero-order valence-electron chi connectivity index (χ0n) is 22.4. The van der Waals surface area contributed by atoms with Gasteiger partial charge in [-0.05, 0) is 73.2 Å². The quantitative estimate of drug-likeness (QED) is 0.333. The summed E-state index contributed by atoms with van der Waals surface area (Å²) in [5.74, 6) is 0.584. The molecular formula is C32H31BrN2O4. The maximum absolute atomic E-state index is 13.9. The lowest BCUT2D eigenvalue weighted by molar-refractivity contribution is -0.116. The average molecular weight is 588 g/mol. The number of Topliss-reactive ketones (excluding diaryl/α,β-unsaturated/α-hetero) is 1. The van der Waals surface area contributed by atoms with Crippen molar-refractivity contribution in [3.63, 3.8) is 0 Å². The predicted molar refractivity (Wildman–Crippen MR) is 156 cm³/mol. The van der Waals surface area contributed by atoms with Crippen molar-refractivity contribution in [2.24, 2.45) is 0 Å². The van der Waals surface area contributed by atoms with Gasteiger partial charge in [0, 0.05) is 45.0 Å². The molecule has 1 aliphatic heterocycles. The first kappa shape index (κ1) is 26.8. The number of rotatable bonds is 6. The first-order valence-corrected chi connectivity index (χ1v) is 13.7. The molecular weight excluding hydrogens is 556 g/mol. The number of ketones is 1. The summed E-state index contributed by atoms with van der Waals surface area (Å²) in [4.78, 5) is 27.7. The van der Waals surface area contributed by atoms with Crippen molar-refractivity contribution in [3.05, 3.63) is 110 Å². The smallest absolute Gasteiger partial charge is 0.254 e. The molecule has 2 aliphatic rings. The number of benzene rings is 3. The molecule has 3 aromatic carbocycles. The largest absolute Gasteiger partial charge is 0.493 e. The van der Waals surface area contributed by atoms with Gasteiger partial charge in [-0.15, -0.1) is 0 Å². The van der Waals surface area contributed by atoms with E-state index in [9.17, 15) is 9.59 Å². The van der Waals surface area contributed by atoms with Gasteiger partial charge in [0.25, 0.3) is 5.91 Å². The molecule has 1 aliphatic carbocycles. The molecule has 0 saturated carbocycles. The molecule has 2 N–H and O–H groups in total. The Kier molecular flexibility index (Phi) is 7.62. The molecule has 5 rings (SSSR count). The molecule has 200 valence electrons. The number of ether oxygens (including phenoxy) is 2. The number of hydrogen-bond acceptors (Lipinski definition) is 5. The van der Waals surface area contributed by atoms with Gasteiger partial charge < -0.3 is 20.1 Å². The molecule has 39 heavy (non-hydrogen) atoms. The molecule has 0 spiro atoms. The Morgan fingerprint density at radius 3 is 2.41 bits per heavy atom. The molecule has 1 heterocycles. The van der Waals surface area contributed by atoms with E-state index in [-0.39, 0.29) is 17.6 Å². The number of methoxy groups -OCH3 is 2. The van der Waals surface area contributed by atoms with E-state index in [1.54, 1.807) is 14.2 Å². The van der Waals surface area contributed by atoms with Crippen LogP contribution in [0, 0.1) is 6.92 Å². The monoisotopic (exact) mass is 586 g/mol. The molecule has 0 bridgehead atoms. The van der Waals surface area contributed by atoms with Crippen LogP contribution in [0.15, 0.2) is 93.7 Å². The third-order valence-electron chi connectivity index (χ3n) is 7.53. The van der Waals surface area contributed by atoms with Crippen LogP contribution in [0.5, 0.6) is 11.5 Å². The van der Waals surface area contributed by atoms with E-state index in [0.717, 1.165) is 38.2 Å². The van der Waals surface area contributed by atoms with Crippen LogP contribution in [0.2, 0.25) is 0 Å². The summed E-state index contributed by atoms with van der Waals surface area (Å²) in [5.41, 5.74) is 6.44. The summed E-state index contributed by atoms with van der Waals surface area (Å²) in [6, 6.07) is 21.3. The number of carbonyl (C=O) groups excluding carboxylic acids is 2. The number of amides is 1. The maximum atomic E-state index is 13.9. The lowest BCUT2D eigenvalue weighted by Crippen LogP contribution is -2.37. The third kappa shape index (κ3) is 5.23. The summed E-state index contributed by atoms with van der Waals surface area (Å²) < 4.78 is 11.8. The van der Waals surface area contributed by atoms with Crippen LogP contribution in [-0.2, 0) is 9.59 Å². The van der Waals surface area contributed by atoms with Gasteiger partial charge in [-0.2, -0.15) is 0 Å². The molecule has 0 radical (unpaired) electrons. The number of hydrogen-bond donors (Lipinski definition) is 2. The second kappa shape index (κ2) is 11.1. The van der Waals surface area contributed by atoms with E-state index in [0.29, 0.717) is 35.5 Å².